The summed E-state index contributed by atoms with van der Waals surface area (Å²) in [5.41, 5.74) is 2.21. The Kier molecular flexibility index (Phi) is 3.06. The summed E-state index contributed by atoms with van der Waals surface area (Å²) in [6.45, 7) is 1.20. The largest absolute Gasteiger partial charge is 0.465 e. The molecule has 3 heterocycles. The van der Waals surface area contributed by atoms with Crippen LogP contribution in [-0.4, -0.2) is 38.6 Å². The molecular formula is C13H14ClN3O2. The Morgan fingerprint density at radius 1 is 1.42 bits per heavy atom. The van der Waals surface area contributed by atoms with E-state index in [1.807, 2.05) is 16.7 Å². The summed E-state index contributed by atoms with van der Waals surface area (Å²) in [6.07, 6.45) is 4.58. The van der Waals surface area contributed by atoms with Crippen LogP contribution in [0.4, 0.5) is 4.79 Å². The number of likely N-dealkylation sites (tertiary alicyclic amines) is 1. The van der Waals surface area contributed by atoms with Crippen LogP contribution in [-0.2, 0) is 0 Å². The second kappa shape index (κ2) is 4.74. The predicted octanol–water partition coefficient (Wildman–Crippen LogP) is 2.85. The highest BCUT2D eigenvalue weighted by Gasteiger charge is 2.23. The lowest BCUT2D eigenvalue weighted by molar-refractivity contribution is 0.132. The number of aromatic nitrogens is 2. The van der Waals surface area contributed by atoms with Crippen molar-refractivity contribution in [2.45, 2.75) is 18.8 Å². The minimum Gasteiger partial charge on any atom is -0.465 e. The van der Waals surface area contributed by atoms with Crippen LogP contribution in [0.1, 0.15) is 24.3 Å². The second-order valence-corrected chi connectivity index (χ2v) is 5.16. The van der Waals surface area contributed by atoms with E-state index in [1.165, 1.54) is 10.5 Å². The van der Waals surface area contributed by atoms with Gasteiger partial charge in [0.2, 0.25) is 5.28 Å². The number of carboxylic acid groups (broad SMARTS) is 1. The summed E-state index contributed by atoms with van der Waals surface area (Å²) in [5, 5.41) is 9.40. The van der Waals surface area contributed by atoms with E-state index in [2.05, 4.69) is 11.1 Å². The number of amides is 1. The second-order valence-electron chi connectivity index (χ2n) is 4.83. The van der Waals surface area contributed by atoms with Crippen molar-refractivity contribution in [3.05, 3.63) is 35.4 Å². The first-order valence-electron chi connectivity index (χ1n) is 6.25. The summed E-state index contributed by atoms with van der Waals surface area (Å²) in [5.74, 6) is 0.411. The quantitative estimate of drug-likeness (QED) is 0.873. The molecule has 3 rings (SSSR count). The number of piperidine rings is 1. The highest BCUT2D eigenvalue weighted by molar-refractivity contribution is 6.28. The smallest absolute Gasteiger partial charge is 0.407 e. The number of halogens is 1. The average Bonchev–Trinajstić information content (AvgIpc) is 2.80. The van der Waals surface area contributed by atoms with Crippen LogP contribution in [0.5, 0.6) is 0 Å². The van der Waals surface area contributed by atoms with Crippen molar-refractivity contribution in [2.24, 2.45) is 0 Å². The molecule has 0 saturated carbocycles. The van der Waals surface area contributed by atoms with Gasteiger partial charge in [0.15, 0.2) is 0 Å². The van der Waals surface area contributed by atoms with Gasteiger partial charge in [-0.25, -0.2) is 9.78 Å². The summed E-state index contributed by atoms with van der Waals surface area (Å²) >= 11 is 5.94. The van der Waals surface area contributed by atoms with Gasteiger partial charge in [-0.3, -0.25) is 4.40 Å². The van der Waals surface area contributed by atoms with Gasteiger partial charge in [0, 0.05) is 19.3 Å². The number of hydrogen-bond donors (Lipinski definition) is 1. The molecule has 2 aromatic heterocycles. The van der Waals surface area contributed by atoms with Crippen LogP contribution in [0, 0.1) is 0 Å². The Morgan fingerprint density at radius 2 is 2.16 bits per heavy atom. The minimum absolute atomic E-state index is 0.411. The molecule has 6 heteroatoms. The summed E-state index contributed by atoms with van der Waals surface area (Å²) in [7, 11) is 0. The van der Waals surface area contributed by atoms with Gasteiger partial charge in [0.25, 0.3) is 0 Å². The molecule has 1 aliphatic rings. The molecule has 19 heavy (non-hydrogen) atoms. The number of rotatable bonds is 1. The molecule has 1 N–H and O–H groups in total. The van der Waals surface area contributed by atoms with Crippen LogP contribution in [0.15, 0.2) is 24.5 Å². The van der Waals surface area contributed by atoms with Gasteiger partial charge in [-0.05, 0) is 48.1 Å². The van der Waals surface area contributed by atoms with Crippen LogP contribution < -0.4 is 0 Å². The first-order valence-corrected chi connectivity index (χ1v) is 6.63. The zero-order valence-electron chi connectivity index (χ0n) is 10.3. The van der Waals surface area contributed by atoms with Gasteiger partial charge in [-0.1, -0.05) is 0 Å². The van der Waals surface area contributed by atoms with Gasteiger partial charge >= 0.3 is 6.09 Å². The van der Waals surface area contributed by atoms with E-state index in [4.69, 9.17) is 16.7 Å². The van der Waals surface area contributed by atoms with Gasteiger partial charge in [0.05, 0.1) is 11.7 Å². The van der Waals surface area contributed by atoms with E-state index in [0.29, 0.717) is 24.3 Å². The highest BCUT2D eigenvalue weighted by Crippen LogP contribution is 2.29. The Balaban J connectivity index is 1.80. The minimum atomic E-state index is -0.823. The normalized spacial score (nSPS) is 17.0. The van der Waals surface area contributed by atoms with Crippen LogP contribution >= 0.6 is 11.6 Å². The van der Waals surface area contributed by atoms with Crippen molar-refractivity contribution in [1.82, 2.24) is 14.3 Å². The molecule has 0 unspecified atom stereocenters. The SMILES string of the molecule is O=C(O)N1CCC(c2ccn3c(Cl)ncc3c2)CC1. The maximum Gasteiger partial charge on any atom is 0.407 e. The lowest BCUT2D eigenvalue weighted by atomic mass is 9.90. The molecule has 0 aliphatic carbocycles. The molecule has 1 fully saturated rings. The zero-order chi connectivity index (χ0) is 13.4. The number of fused-ring (bicyclic) bond motifs is 1. The Morgan fingerprint density at radius 3 is 2.84 bits per heavy atom. The van der Waals surface area contributed by atoms with E-state index in [-0.39, 0.29) is 0 Å². The number of imidazole rings is 1. The number of pyridine rings is 1. The molecule has 0 aromatic carbocycles. The highest BCUT2D eigenvalue weighted by atomic mass is 35.5. The predicted molar refractivity (Wildman–Crippen MR) is 71.8 cm³/mol. The molecule has 1 aliphatic heterocycles. The van der Waals surface area contributed by atoms with E-state index >= 15 is 0 Å². The first kappa shape index (κ1) is 12.3. The Labute approximate surface area is 115 Å². The molecule has 0 spiro atoms. The number of carbonyl (C=O) groups is 1. The van der Waals surface area contributed by atoms with Crippen LogP contribution in [0.3, 0.4) is 0 Å². The molecule has 100 valence electrons. The maximum absolute atomic E-state index is 10.9. The maximum atomic E-state index is 10.9. The van der Waals surface area contributed by atoms with Crippen molar-refractivity contribution in [2.75, 3.05) is 13.1 Å². The van der Waals surface area contributed by atoms with Crippen molar-refractivity contribution in [1.29, 1.82) is 0 Å². The first-order chi connectivity index (χ1) is 9.15. The van der Waals surface area contributed by atoms with Crippen molar-refractivity contribution >= 4 is 23.2 Å². The lowest BCUT2D eigenvalue weighted by Gasteiger charge is -2.30. The molecule has 5 nitrogen and oxygen atoms in total. The third-order valence-electron chi connectivity index (χ3n) is 3.75. The molecule has 1 saturated heterocycles. The van der Waals surface area contributed by atoms with Gasteiger partial charge < -0.3 is 10.0 Å². The van der Waals surface area contributed by atoms with Crippen LogP contribution in [0.2, 0.25) is 5.28 Å². The summed E-state index contributed by atoms with van der Waals surface area (Å²) in [6, 6.07) is 4.13. The summed E-state index contributed by atoms with van der Waals surface area (Å²) < 4.78 is 1.83. The van der Waals surface area contributed by atoms with Gasteiger partial charge in [-0.2, -0.15) is 0 Å². The lowest BCUT2D eigenvalue weighted by Crippen LogP contribution is -2.36. The van der Waals surface area contributed by atoms with E-state index in [0.717, 1.165) is 18.4 Å². The molecule has 0 radical (unpaired) electrons. The average molecular weight is 280 g/mol. The zero-order valence-corrected chi connectivity index (χ0v) is 11.0. The van der Waals surface area contributed by atoms with Gasteiger partial charge in [0.1, 0.15) is 0 Å². The third kappa shape index (κ3) is 2.26. The van der Waals surface area contributed by atoms with E-state index in [1.54, 1.807) is 6.20 Å². The van der Waals surface area contributed by atoms with Crippen molar-refractivity contribution < 1.29 is 9.90 Å². The molecule has 0 bridgehead atoms. The summed E-state index contributed by atoms with van der Waals surface area (Å²) in [4.78, 5) is 16.4. The third-order valence-corrected chi connectivity index (χ3v) is 4.03. The fraction of sp³-hybridized carbons (Fsp3) is 0.385. The Bertz CT molecular complexity index is 617. The topological polar surface area (TPSA) is 57.8 Å². The van der Waals surface area contributed by atoms with E-state index < -0.39 is 6.09 Å². The van der Waals surface area contributed by atoms with Crippen molar-refractivity contribution in [3.8, 4) is 0 Å². The molecule has 2 aromatic rings. The van der Waals surface area contributed by atoms with Crippen LogP contribution in [0.25, 0.3) is 5.52 Å². The monoisotopic (exact) mass is 279 g/mol. The standard InChI is InChI=1S/C13H14ClN3O2/c14-12-15-8-11-7-10(3-6-17(11)12)9-1-4-16(5-2-9)13(18)19/h3,6-9H,1-2,4-5H2,(H,18,19). The Hall–Kier alpha value is -1.75. The molecule has 1 amide bonds. The fourth-order valence-corrected chi connectivity index (χ4v) is 2.84. The number of hydrogen-bond acceptors (Lipinski definition) is 2. The molecule has 0 atom stereocenters. The number of nitrogens with zero attached hydrogens (tertiary/aromatic N) is 3. The molecular weight excluding hydrogens is 266 g/mol. The van der Waals surface area contributed by atoms with Crippen molar-refractivity contribution in [3.63, 3.8) is 0 Å². The van der Waals surface area contributed by atoms with Gasteiger partial charge in [-0.15, -0.1) is 0 Å². The fourth-order valence-electron chi connectivity index (χ4n) is 2.64. The van der Waals surface area contributed by atoms with E-state index in [9.17, 15) is 4.79 Å².